The van der Waals surface area contributed by atoms with Crippen LogP contribution in [0.2, 0.25) is 0 Å². The second-order valence-corrected chi connectivity index (χ2v) is 9.06. The number of sulfonamides is 1. The monoisotopic (exact) mass is 431 g/mol. The van der Waals surface area contributed by atoms with Crippen molar-refractivity contribution in [2.45, 2.75) is 32.9 Å². The predicted molar refractivity (Wildman–Crippen MR) is 119 cm³/mol. The van der Waals surface area contributed by atoms with Crippen LogP contribution in [0.15, 0.2) is 54.6 Å². The third-order valence-electron chi connectivity index (χ3n) is 4.80. The van der Waals surface area contributed by atoms with Crippen molar-refractivity contribution >= 4 is 27.5 Å². The molecule has 0 aromatic heterocycles. The molecule has 0 fully saturated rings. The van der Waals surface area contributed by atoms with Gasteiger partial charge in [0.2, 0.25) is 21.8 Å². The standard InChI is InChI=1S/C22H29N3O4S/c1-5-20(22(27)23-3)24(15-18-11-7-6-8-12-18)21(26)16-25(30(4,28)29)19-13-9-10-17(2)14-19/h6-14,20H,5,15-16H2,1-4H3,(H,23,27). The number of amides is 2. The summed E-state index contributed by atoms with van der Waals surface area (Å²) in [5, 5.41) is 2.60. The van der Waals surface area contributed by atoms with Crippen molar-refractivity contribution in [3.05, 3.63) is 65.7 Å². The Balaban J connectivity index is 2.40. The first-order valence-corrected chi connectivity index (χ1v) is 11.6. The van der Waals surface area contributed by atoms with E-state index in [0.29, 0.717) is 12.1 Å². The second kappa shape index (κ2) is 10.2. The molecule has 0 aliphatic heterocycles. The highest BCUT2D eigenvalue weighted by molar-refractivity contribution is 7.92. The Morgan fingerprint density at radius 3 is 2.27 bits per heavy atom. The lowest BCUT2D eigenvalue weighted by Crippen LogP contribution is -2.51. The minimum Gasteiger partial charge on any atom is -0.357 e. The lowest BCUT2D eigenvalue weighted by Gasteiger charge is -2.32. The minimum absolute atomic E-state index is 0.205. The van der Waals surface area contributed by atoms with E-state index in [4.69, 9.17) is 0 Å². The van der Waals surface area contributed by atoms with E-state index in [-0.39, 0.29) is 19.0 Å². The number of rotatable bonds is 9. The maximum absolute atomic E-state index is 13.3. The molecule has 2 rings (SSSR count). The normalized spacial score (nSPS) is 12.1. The average Bonchev–Trinajstić information content (AvgIpc) is 2.71. The average molecular weight is 432 g/mol. The molecule has 0 spiro atoms. The molecule has 30 heavy (non-hydrogen) atoms. The number of anilines is 1. The molecule has 2 aromatic carbocycles. The van der Waals surface area contributed by atoms with Crippen molar-refractivity contribution in [1.82, 2.24) is 10.2 Å². The van der Waals surface area contributed by atoms with Crippen molar-refractivity contribution in [2.24, 2.45) is 0 Å². The number of likely N-dealkylation sites (N-methyl/N-ethyl adjacent to an activating group) is 1. The van der Waals surface area contributed by atoms with Crippen LogP contribution in [0, 0.1) is 6.92 Å². The lowest BCUT2D eigenvalue weighted by molar-refractivity contribution is -0.140. The summed E-state index contributed by atoms with van der Waals surface area (Å²) in [5.74, 6) is -0.732. The van der Waals surface area contributed by atoms with Gasteiger partial charge in [-0.2, -0.15) is 0 Å². The summed E-state index contributed by atoms with van der Waals surface area (Å²) in [6, 6.07) is 15.6. The highest BCUT2D eigenvalue weighted by Gasteiger charge is 2.31. The van der Waals surface area contributed by atoms with Crippen LogP contribution < -0.4 is 9.62 Å². The maximum atomic E-state index is 13.3. The number of hydrogen-bond acceptors (Lipinski definition) is 4. The van der Waals surface area contributed by atoms with Gasteiger partial charge in [0.1, 0.15) is 12.6 Å². The van der Waals surface area contributed by atoms with Crippen LogP contribution >= 0.6 is 0 Å². The third-order valence-corrected chi connectivity index (χ3v) is 5.94. The molecule has 2 amide bonds. The first kappa shape index (κ1) is 23.4. The summed E-state index contributed by atoms with van der Waals surface area (Å²) < 4.78 is 26.0. The second-order valence-electron chi connectivity index (χ2n) is 7.15. The van der Waals surface area contributed by atoms with Gasteiger partial charge in [-0.3, -0.25) is 13.9 Å². The Morgan fingerprint density at radius 2 is 1.73 bits per heavy atom. The largest absolute Gasteiger partial charge is 0.357 e. The molecule has 1 unspecified atom stereocenters. The molecule has 0 aliphatic rings. The first-order chi connectivity index (χ1) is 14.2. The quantitative estimate of drug-likeness (QED) is 0.660. The SMILES string of the molecule is CCC(C(=O)NC)N(Cc1ccccc1)C(=O)CN(c1cccc(C)c1)S(C)(=O)=O. The van der Waals surface area contributed by atoms with Crippen LogP contribution in [0.3, 0.4) is 0 Å². The van der Waals surface area contributed by atoms with Crippen LogP contribution in [0.5, 0.6) is 0 Å². The fraction of sp³-hybridized carbons (Fsp3) is 0.364. The van der Waals surface area contributed by atoms with E-state index in [9.17, 15) is 18.0 Å². The molecule has 0 radical (unpaired) electrons. The van der Waals surface area contributed by atoms with Gasteiger partial charge in [-0.1, -0.05) is 49.4 Å². The zero-order chi connectivity index (χ0) is 22.3. The summed E-state index contributed by atoms with van der Waals surface area (Å²) in [6.45, 7) is 3.49. The van der Waals surface area contributed by atoms with Gasteiger partial charge in [0.25, 0.3) is 0 Å². The van der Waals surface area contributed by atoms with Crippen LogP contribution in [-0.2, 0) is 26.2 Å². The van der Waals surface area contributed by atoms with E-state index in [1.54, 1.807) is 18.2 Å². The van der Waals surface area contributed by atoms with Crippen molar-refractivity contribution < 1.29 is 18.0 Å². The summed E-state index contributed by atoms with van der Waals surface area (Å²) in [4.78, 5) is 27.2. The van der Waals surface area contributed by atoms with Crippen molar-refractivity contribution in [3.8, 4) is 0 Å². The molecule has 1 atom stereocenters. The topological polar surface area (TPSA) is 86.8 Å². The molecule has 0 saturated heterocycles. The van der Waals surface area contributed by atoms with Gasteiger partial charge in [0, 0.05) is 13.6 Å². The molecular weight excluding hydrogens is 402 g/mol. The summed E-state index contributed by atoms with van der Waals surface area (Å²) in [7, 11) is -2.19. The Hall–Kier alpha value is -2.87. The van der Waals surface area contributed by atoms with Gasteiger partial charge in [0.15, 0.2) is 0 Å². The van der Waals surface area contributed by atoms with Crippen LogP contribution in [-0.4, -0.2) is 51.0 Å². The van der Waals surface area contributed by atoms with Gasteiger partial charge >= 0.3 is 0 Å². The fourth-order valence-corrected chi connectivity index (χ4v) is 4.10. The van der Waals surface area contributed by atoms with Gasteiger partial charge in [-0.25, -0.2) is 8.42 Å². The van der Waals surface area contributed by atoms with E-state index in [1.165, 1.54) is 11.9 Å². The van der Waals surface area contributed by atoms with E-state index in [2.05, 4.69) is 5.32 Å². The molecule has 0 saturated carbocycles. The zero-order valence-corrected chi connectivity index (χ0v) is 18.6. The van der Waals surface area contributed by atoms with Crippen LogP contribution in [0.1, 0.15) is 24.5 Å². The number of aryl methyl sites for hydroxylation is 1. The Morgan fingerprint density at radius 1 is 1.07 bits per heavy atom. The van der Waals surface area contributed by atoms with Crippen LogP contribution in [0.25, 0.3) is 0 Å². The molecule has 0 aliphatic carbocycles. The first-order valence-electron chi connectivity index (χ1n) is 9.76. The molecular formula is C22H29N3O4S. The molecule has 1 N–H and O–H groups in total. The molecule has 2 aromatic rings. The fourth-order valence-electron chi connectivity index (χ4n) is 3.26. The Labute approximate surface area is 178 Å². The smallest absolute Gasteiger partial charge is 0.244 e. The number of nitrogens with zero attached hydrogens (tertiary/aromatic N) is 2. The predicted octanol–water partition coefficient (Wildman–Crippen LogP) is 2.31. The number of carbonyl (C=O) groups excluding carboxylic acids is 2. The molecule has 0 heterocycles. The van der Waals surface area contributed by atoms with E-state index < -0.39 is 22.0 Å². The maximum Gasteiger partial charge on any atom is 0.244 e. The van der Waals surface area contributed by atoms with Crippen molar-refractivity contribution in [1.29, 1.82) is 0 Å². The summed E-state index contributed by atoms with van der Waals surface area (Å²) in [6.07, 6.45) is 1.47. The van der Waals surface area contributed by atoms with Crippen molar-refractivity contribution in [2.75, 3.05) is 24.2 Å². The zero-order valence-electron chi connectivity index (χ0n) is 17.8. The number of carbonyl (C=O) groups is 2. The minimum atomic E-state index is -3.71. The highest BCUT2D eigenvalue weighted by Crippen LogP contribution is 2.20. The molecule has 8 heteroatoms. The Kier molecular flexibility index (Phi) is 8.00. The van der Waals surface area contributed by atoms with E-state index in [1.807, 2.05) is 50.2 Å². The lowest BCUT2D eigenvalue weighted by atomic mass is 10.1. The third kappa shape index (κ3) is 6.06. The highest BCUT2D eigenvalue weighted by atomic mass is 32.2. The number of hydrogen-bond donors (Lipinski definition) is 1. The number of benzene rings is 2. The van der Waals surface area contributed by atoms with Gasteiger partial charge in [-0.05, 0) is 36.6 Å². The van der Waals surface area contributed by atoms with Crippen LogP contribution in [0.4, 0.5) is 5.69 Å². The van der Waals surface area contributed by atoms with E-state index >= 15 is 0 Å². The van der Waals surface area contributed by atoms with Gasteiger partial charge in [-0.15, -0.1) is 0 Å². The van der Waals surface area contributed by atoms with Gasteiger partial charge in [0.05, 0.1) is 11.9 Å². The van der Waals surface area contributed by atoms with Gasteiger partial charge < -0.3 is 10.2 Å². The van der Waals surface area contributed by atoms with E-state index in [0.717, 1.165) is 21.7 Å². The molecule has 0 bridgehead atoms. The summed E-state index contributed by atoms with van der Waals surface area (Å²) >= 11 is 0. The van der Waals surface area contributed by atoms with Crippen molar-refractivity contribution in [3.63, 3.8) is 0 Å². The Bertz CT molecular complexity index is 977. The molecule has 162 valence electrons. The molecule has 7 nitrogen and oxygen atoms in total. The summed E-state index contributed by atoms with van der Waals surface area (Å²) in [5.41, 5.74) is 2.15. The number of nitrogens with one attached hydrogen (secondary N) is 1.